The molecule has 0 bridgehead atoms. The Morgan fingerprint density at radius 2 is 0.927 bits per heavy atom. The molecule has 4 N–H and O–H groups in total. The van der Waals surface area contributed by atoms with E-state index in [2.05, 4.69) is 27.7 Å². The van der Waals surface area contributed by atoms with Crippen molar-refractivity contribution in [2.24, 2.45) is 17.3 Å². The summed E-state index contributed by atoms with van der Waals surface area (Å²) in [6.07, 6.45) is 15.1. The van der Waals surface area contributed by atoms with Gasteiger partial charge in [-0.1, -0.05) is 107 Å². The number of carboxylic acids is 4. The van der Waals surface area contributed by atoms with E-state index in [-0.39, 0.29) is 52.7 Å². The van der Waals surface area contributed by atoms with E-state index in [4.69, 9.17) is 20.4 Å². The third-order valence-corrected chi connectivity index (χ3v) is 7.31. The van der Waals surface area contributed by atoms with Crippen molar-refractivity contribution in [3.63, 3.8) is 0 Å². The summed E-state index contributed by atoms with van der Waals surface area (Å²) in [5.41, 5.74) is -0.448. The molecule has 0 saturated heterocycles. The van der Waals surface area contributed by atoms with Crippen molar-refractivity contribution in [3.8, 4) is 0 Å². The van der Waals surface area contributed by atoms with Gasteiger partial charge in [-0.25, -0.2) is 0 Å². The average Bonchev–Trinajstić information content (AvgIpc) is 2.91. The Labute approximate surface area is 284 Å². The average molecular weight is 721 g/mol. The fraction of sp³-hybridized carbons (Fsp3) is 0.875. The van der Waals surface area contributed by atoms with Crippen molar-refractivity contribution in [2.45, 2.75) is 165 Å². The molecule has 0 aliphatic heterocycles. The Morgan fingerprint density at radius 1 is 0.561 bits per heavy atom. The monoisotopic (exact) mass is 718 g/mol. The van der Waals surface area contributed by atoms with Gasteiger partial charge in [0, 0.05) is 47.3 Å². The summed E-state index contributed by atoms with van der Waals surface area (Å²) in [4.78, 5) is 41.7. The van der Waals surface area contributed by atoms with Gasteiger partial charge in [-0.15, -0.1) is 0 Å². The van der Waals surface area contributed by atoms with Crippen molar-refractivity contribution in [1.29, 1.82) is 0 Å². The van der Waals surface area contributed by atoms with E-state index in [1.54, 1.807) is 0 Å². The van der Waals surface area contributed by atoms with Crippen LogP contribution in [-0.2, 0) is 19.2 Å². The van der Waals surface area contributed by atoms with Crippen LogP contribution in [0.5, 0.6) is 0 Å². The van der Waals surface area contributed by atoms with Crippen LogP contribution in [0.2, 0.25) is 0 Å². The molecule has 0 spiro atoms. The first-order valence-corrected chi connectivity index (χ1v) is 15.7. The van der Waals surface area contributed by atoms with Crippen LogP contribution < -0.4 is 0 Å². The maximum absolute atomic E-state index is 11.0. The van der Waals surface area contributed by atoms with Crippen LogP contribution in [0.4, 0.5) is 0 Å². The second-order valence-electron chi connectivity index (χ2n) is 10.4. The minimum atomic E-state index is -0.682. The standard InChI is InChI=1S/C10H20O2.2C8H16O2.C6H12O2.Nd/c1-4-7-8-10(5-2,6-3)9(11)12;2*1-3-5-6-7(4-2)8(9)10;1-2-3-4-5-6(7)8;/h4-8H2,1-3H3,(H,11,12);2*7H,3-6H2,1-2H3,(H,9,10);2-5H2,1H3,(H,7,8);. The summed E-state index contributed by atoms with van der Waals surface area (Å²) < 4.78 is 0. The van der Waals surface area contributed by atoms with Gasteiger partial charge in [0.1, 0.15) is 0 Å². The van der Waals surface area contributed by atoms with Crippen molar-refractivity contribution in [3.05, 3.63) is 0 Å². The molecule has 0 aromatic heterocycles. The molecule has 8 nitrogen and oxygen atoms in total. The van der Waals surface area contributed by atoms with Crippen molar-refractivity contribution >= 4 is 23.9 Å². The van der Waals surface area contributed by atoms with Gasteiger partial charge in [0.15, 0.2) is 0 Å². The Morgan fingerprint density at radius 3 is 1.15 bits per heavy atom. The van der Waals surface area contributed by atoms with E-state index in [0.717, 1.165) is 103 Å². The number of hydrogen-bond donors (Lipinski definition) is 4. The first-order chi connectivity index (χ1) is 18.8. The van der Waals surface area contributed by atoms with Crippen molar-refractivity contribution < 1.29 is 80.4 Å². The van der Waals surface area contributed by atoms with Gasteiger partial charge in [0.05, 0.1) is 17.3 Å². The second-order valence-corrected chi connectivity index (χ2v) is 10.4. The van der Waals surface area contributed by atoms with Crippen LogP contribution in [0.3, 0.4) is 0 Å². The molecule has 0 rings (SSSR count). The molecule has 0 aliphatic carbocycles. The van der Waals surface area contributed by atoms with Crippen LogP contribution in [0.25, 0.3) is 0 Å². The van der Waals surface area contributed by atoms with Gasteiger partial charge in [-0.3, -0.25) is 19.2 Å². The number of carboxylic acid groups (broad SMARTS) is 4. The summed E-state index contributed by atoms with van der Waals surface area (Å²) in [6.45, 7) is 16.1. The predicted molar refractivity (Wildman–Crippen MR) is 164 cm³/mol. The second kappa shape index (κ2) is 35.4. The first-order valence-electron chi connectivity index (χ1n) is 15.7. The number of rotatable bonds is 20. The Balaban J connectivity index is -0.000000141. The van der Waals surface area contributed by atoms with Gasteiger partial charge in [-0.05, 0) is 51.4 Å². The number of hydrogen-bond acceptors (Lipinski definition) is 4. The van der Waals surface area contributed by atoms with Gasteiger partial charge >= 0.3 is 23.9 Å². The van der Waals surface area contributed by atoms with E-state index >= 15 is 0 Å². The Bertz CT molecular complexity index is 595. The smallest absolute Gasteiger partial charge is 0.309 e. The van der Waals surface area contributed by atoms with Gasteiger partial charge in [-0.2, -0.15) is 0 Å². The summed E-state index contributed by atoms with van der Waals surface area (Å²) in [6, 6.07) is 0. The molecule has 0 saturated carbocycles. The molecule has 2 atom stereocenters. The molecule has 0 radical (unpaired) electrons. The van der Waals surface area contributed by atoms with Crippen LogP contribution in [0.15, 0.2) is 0 Å². The van der Waals surface area contributed by atoms with Crippen molar-refractivity contribution in [1.82, 2.24) is 0 Å². The molecular formula is C32H64NdO8. The molecule has 0 heterocycles. The Hall–Kier alpha value is -0.769. The molecule has 41 heavy (non-hydrogen) atoms. The minimum Gasteiger partial charge on any atom is -0.481 e. The number of aliphatic carboxylic acids is 4. The SMILES string of the molecule is CCCCC(CC)(CC)C(=O)O.CCCCC(CC)C(=O)O.CCCCC(CC)C(=O)O.CCCCCC(=O)O.[Nd]. The summed E-state index contributed by atoms with van der Waals surface area (Å²) in [5, 5.41) is 34.4. The molecule has 0 aromatic rings. The normalized spacial score (nSPS) is 11.5. The van der Waals surface area contributed by atoms with Crippen LogP contribution in [0.1, 0.15) is 165 Å². The molecule has 0 aromatic carbocycles. The first kappa shape index (κ1) is 49.9. The van der Waals surface area contributed by atoms with Crippen LogP contribution in [0, 0.1) is 58.1 Å². The maximum Gasteiger partial charge on any atom is 0.309 e. The topological polar surface area (TPSA) is 149 Å². The maximum atomic E-state index is 11.0. The van der Waals surface area contributed by atoms with Gasteiger partial charge in [0.2, 0.25) is 0 Å². The fourth-order valence-electron chi connectivity index (χ4n) is 3.96. The van der Waals surface area contributed by atoms with Gasteiger partial charge < -0.3 is 20.4 Å². The molecule has 2 unspecified atom stereocenters. The Kier molecular flexibility index (Phi) is 43.1. The van der Waals surface area contributed by atoms with E-state index in [0.29, 0.717) is 6.42 Å². The largest absolute Gasteiger partial charge is 0.481 e. The zero-order valence-corrected chi connectivity index (χ0v) is 30.8. The molecular weight excluding hydrogens is 657 g/mol. The third kappa shape index (κ3) is 32.0. The third-order valence-electron chi connectivity index (χ3n) is 7.31. The van der Waals surface area contributed by atoms with E-state index < -0.39 is 29.3 Å². The number of carbonyl (C=O) groups is 4. The minimum absolute atomic E-state index is 0. The van der Waals surface area contributed by atoms with Crippen molar-refractivity contribution in [2.75, 3.05) is 0 Å². The predicted octanol–water partition coefficient (Wildman–Crippen LogP) is 9.29. The van der Waals surface area contributed by atoms with E-state index in [1.807, 2.05) is 27.7 Å². The molecule has 0 fully saturated rings. The zero-order valence-electron chi connectivity index (χ0n) is 27.6. The zero-order chi connectivity index (χ0) is 32.0. The van der Waals surface area contributed by atoms with Crippen LogP contribution >= 0.6 is 0 Å². The molecule has 0 amide bonds. The summed E-state index contributed by atoms with van der Waals surface area (Å²) in [7, 11) is 0. The molecule has 244 valence electrons. The van der Waals surface area contributed by atoms with Gasteiger partial charge in [0.25, 0.3) is 0 Å². The fourth-order valence-corrected chi connectivity index (χ4v) is 3.96. The number of unbranched alkanes of at least 4 members (excludes halogenated alkanes) is 5. The summed E-state index contributed by atoms with van der Waals surface area (Å²) >= 11 is 0. The quantitative estimate of drug-likeness (QED) is 0.0910. The van der Waals surface area contributed by atoms with Crippen LogP contribution in [-0.4, -0.2) is 44.3 Å². The van der Waals surface area contributed by atoms with E-state index in [1.165, 1.54) is 0 Å². The molecule has 0 aliphatic rings. The van der Waals surface area contributed by atoms with E-state index in [9.17, 15) is 19.2 Å². The molecule has 9 heteroatoms. The summed E-state index contributed by atoms with van der Waals surface area (Å²) in [5.74, 6) is -2.81.